The summed E-state index contributed by atoms with van der Waals surface area (Å²) in [5, 5.41) is 9.93. The monoisotopic (exact) mass is 259 g/mol. The first kappa shape index (κ1) is 12.3. The summed E-state index contributed by atoms with van der Waals surface area (Å²) < 4.78 is 0. The molecule has 2 aromatic rings. The fourth-order valence-corrected chi connectivity index (χ4v) is 1.96. The third-order valence-corrected chi connectivity index (χ3v) is 2.80. The Labute approximate surface area is 109 Å². The Morgan fingerprint density at radius 2 is 2.11 bits per heavy atom. The van der Waals surface area contributed by atoms with E-state index in [1.54, 1.807) is 12.3 Å². The molecule has 18 heavy (non-hydrogen) atoms. The largest absolute Gasteiger partial charge is 0.378 e. The van der Waals surface area contributed by atoms with E-state index in [0.29, 0.717) is 11.0 Å². The molecule has 1 aromatic carbocycles. The first-order valence-corrected chi connectivity index (χ1v) is 6.08. The highest BCUT2D eigenvalue weighted by molar-refractivity contribution is 8.13. The molecule has 0 atom stereocenters. The van der Waals surface area contributed by atoms with Crippen LogP contribution >= 0.6 is 11.8 Å². The molecule has 0 fully saturated rings. The number of nitrogens with two attached hydrogens (primary N) is 1. The molecule has 1 heterocycles. The number of amidine groups is 1. The van der Waals surface area contributed by atoms with Gasteiger partial charge in [0, 0.05) is 11.0 Å². The molecule has 1 aromatic heterocycles. The van der Waals surface area contributed by atoms with Gasteiger partial charge in [0.2, 0.25) is 0 Å². The highest BCUT2D eigenvalue weighted by Gasteiger charge is 1.99. The second-order valence-electron chi connectivity index (χ2n) is 3.41. The van der Waals surface area contributed by atoms with Gasteiger partial charge in [-0.2, -0.15) is 5.10 Å². The van der Waals surface area contributed by atoms with E-state index in [0.717, 1.165) is 10.7 Å². The van der Waals surface area contributed by atoms with Gasteiger partial charge in [0.1, 0.15) is 11.6 Å². The number of aromatic nitrogens is 2. The van der Waals surface area contributed by atoms with Crippen molar-refractivity contribution in [1.82, 2.24) is 10.2 Å². The summed E-state index contributed by atoms with van der Waals surface area (Å²) in [4.78, 5) is 5.19. The highest BCUT2D eigenvalue weighted by Crippen LogP contribution is 2.17. The molecule has 0 saturated carbocycles. The van der Waals surface area contributed by atoms with Crippen LogP contribution in [0.3, 0.4) is 0 Å². The molecule has 4 N–H and O–H groups in total. The van der Waals surface area contributed by atoms with E-state index >= 15 is 0 Å². The number of aromatic amines is 1. The van der Waals surface area contributed by atoms with Gasteiger partial charge in [0.15, 0.2) is 5.17 Å². The lowest BCUT2D eigenvalue weighted by Crippen LogP contribution is -2.08. The van der Waals surface area contributed by atoms with Crippen LogP contribution in [0, 0.1) is 0 Å². The lowest BCUT2D eigenvalue weighted by Gasteiger charge is -2.04. The summed E-state index contributed by atoms with van der Waals surface area (Å²) in [6.45, 7) is 3.77. The van der Waals surface area contributed by atoms with Crippen LogP contribution in [0.5, 0.6) is 0 Å². The molecule has 0 aliphatic carbocycles. The number of H-pyrrole nitrogens is 1. The number of benzene rings is 1. The lowest BCUT2D eigenvalue weighted by molar-refractivity contribution is 1.08. The molecule has 0 bridgehead atoms. The van der Waals surface area contributed by atoms with Crippen LogP contribution in [0.15, 0.2) is 64.9 Å². The Hall–Kier alpha value is -2.21. The Bertz CT molecular complexity index is 533. The number of aliphatic imine (C=N–C) groups is 1. The summed E-state index contributed by atoms with van der Waals surface area (Å²) in [6, 6.07) is 11.6. The molecular formula is C12H13N5S. The third-order valence-electron chi connectivity index (χ3n) is 1.99. The summed E-state index contributed by atoms with van der Waals surface area (Å²) >= 11 is 1.39. The van der Waals surface area contributed by atoms with Crippen LogP contribution in [0.4, 0.5) is 5.82 Å². The molecule has 0 spiro atoms. The van der Waals surface area contributed by atoms with E-state index in [4.69, 9.17) is 5.73 Å². The minimum absolute atomic E-state index is 0.429. The fourth-order valence-electron chi connectivity index (χ4n) is 1.27. The van der Waals surface area contributed by atoms with Crippen molar-refractivity contribution in [2.45, 2.75) is 4.90 Å². The Balaban J connectivity index is 1.94. The SMILES string of the molecule is C=C(N=C(N)Sc1ccccc1)Nc1ccn[nH]1. The maximum Gasteiger partial charge on any atom is 0.165 e. The van der Waals surface area contributed by atoms with Gasteiger partial charge in [-0.05, 0) is 12.1 Å². The van der Waals surface area contributed by atoms with Gasteiger partial charge in [0.05, 0.1) is 6.20 Å². The van der Waals surface area contributed by atoms with Crippen molar-refractivity contribution in [3.8, 4) is 0 Å². The summed E-state index contributed by atoms with van der Waals surface area (Å²) in [5.74, 6) is 1.18. The maximum absolute atomic E-state index is 5.82. The first-order chi connectivity index (χ1) is 8.74. The molecule has 0 aliphatic rings. The van der Waals surface area contributed by atoms with Crippen molar-refractivity contribution >= 4 is 22.7 Å². The van der Waals surface area contributed by atoms with Crippen LogP contribution in [0.2, 0.25) is 0 Å². The second-order valence-corrected chi connectivity index (χ2v) is 4.50. The number of anilines is 1. The minimum Gasteiger partial charge on any atom is -0.378 e. The topological polar surface area (TPSA) is 79.1 Å². The molecule has 0 saturated heterocycles. The van der Waals surface area contributed by atoms with Gasteiger partial charge in [-0.3, -0.25) is 5.10 Å². The molecule has 0 amide bonds. The number of hydrogen-bond donors (Lipinski definition) is 3. The van der Waals surface area contributed by atoms with Gasteiger partial charge in [-0.15, -0.1) is 0 Å². The second kappa shape index (κ2) is 5.92. The van der Waals surface area contributed by atoms with Crippen molar-refractivity contribution in [2.24, 2.45) is 10.7 Å². The number of hydrogen-bond acceptors (Lipinski definition) is 4. The summed E-state index contributed by atoms with van der Waals surface area (Å²) in [7, 11) is 0. The van der Waals surface area contributed by atoms with E-state index in [2.05, 4.69) is 27.1 Å². The molecule has 0 unspecified atom stereocenters. The van der Waals surface area contributed by atoms with Crippen molar-refractivity contribution in [1.29, 1.82) is 0 Å². The number of thioether (sulfide) groups is 1. The van der Waals surface area contributed by atoms with Gasteiger partial charge in [-0.25, -0.2) is 4.99 Å². The van der Waals surface area contributed by atoms with E-state index in [-0.39, 0.29) is 0 Å². The summed E-state index contributed by atoms with van der Waals surface area (Å²) in [6.07, 6.45) is 1.64. The Morgan fingerprint density at radius 1 is 1.33 bits per heavy atom. The van der Waals surface area contributed by atoms with Crippen molar-refractivity contribution in [2.75, 3.05) is 5.32 Å². The number of nitrogens with zero attached hydrogens (tertiary/aromatic N) is 2. The van der Waals surface area contributed by atoms with E-state index in [9.17, 15) is 0 Å². The van der Waals surface area contributed by atoms with Crippen LogP contribution in [0.25, 0.3) is 0 Å². The molecule has 6 heteroatoms. The molecule has 2 rings (SSSR count). The Morgan fingerprint density at radius 3 is 2.78 bits per heavy atom. The fraction of sp³-hybridized carbons (Fsp3) is 0. The molecule has 92 valence electrons. The van der Waals surface area contributed by atoms with Crippen molar-refractivity contribution in [3.63, 3.8) is 0 Å². The first-order valence-electron chi connectivity index (χ1n) is 5.26. The van der Waals surface area contributed by atoms with Crippen LogP contribution < -0.4 is 11.1 Å². The van der Waals surface area contributed by atoms with Crippen LogP contribution in [-0.2, 0) is 0 Å². The van der Waals surface area contributed by atoms with E-state index < -0.39 is 0 Å². The summed E-state index contributed by atoms with van der Waals surface area (Å²) in [5.41, 5.74) is 5.82. The number of nitrogens with one attached hydrogen (secondary N) is 2. The predicted octanol–water partition coefficient (Wildman–Crippen LogP) is 2.40. The number of rotatable bonds is 4. The normalized spacial score (nSPS) is 11.2. The minimum atomic E-state index is 0.429. The Kier molecular flexibility index (Phi) is 4.03. The smallest absolute Gasteiger partial charge is 0.165 e. The van der Waals surface area contributed by atoms with Crippen molar-refractivity contribution in [3.05, 3.63) is 55.0 Å². The predicted molar refractivity (Wildman–Crippen MR) is 75.3 cm³/mol. The molecule has 0 radical (unpaired) electrons. The molecule has 0 aliphatic heterocycles. The maximum atomic E-state index is 5.82. The standard InChI is InChI=1S/C12H13N5S/c1-9(15-11-7-8-14-17-11)16-12(13)18-10-5-3-2-4-6-10/h2-8H,1H2,(H2,13,16)(H2,14,15,17). The van der Waals surface area contributed by atoms with Crippen molar-refractivity contribution < 1.29 is 0 Å². The highest BCUT2D eigenvalue weighted by atomic mass is 32.2. The quantitative estimate of drug-likeness (QED) is 0.447. The van der Waals surface area contributed by atoms with E-state index in [1.807, 2.05) is 30.3 Å². The average molecular weight is 259 g/mol. The molecular weight excluding hydrogens is 246 g/mol. The van der Waals surface area contributed by atoms with Crippen LogP contribution in [0.1, 0.15) is 0 Å². The van der Waals surface area contributed by atoms with E-state index in [1.165, 1.54) is 11.8 Å². The van der Waals surface area contributed by atoms with Gasteiger partial charge < -0.3 is 11.1 Å². The zero-order valence-corrected chi connectivity index (χ0v) is 10.4. The zero-order chi connectivity index (χ0) is 12.8. The van der Waals surface area contributed by atoms with Gasteiger partial charge >= 0.3 is 0 Å². The zero-order valence-electron chi connectivity index (χ0n) is 9.63. The lowest BCUT2D eigenvalue weighted by atomic mass is 10.4. The van der Waals surface area contributed by atoms with Gasteiger partial charge in [0.25, 0.3) is 0 Å². The third kappa shape index (κ3) is 3.67. The molecule has 5 nitrogen and oxygen atoms in total. The van der Waals surface area contributed by atoms with Crippen LogP contribution in [-0.4, -0.2) is 15.4 Å². The average Bonchev–Trinajstić information content (AvgIpc) is 2.82. The van der Waals surface area contributed by atoms with Gasteiger partial charge in [-0.1, -0.05) is 36.5 Å².